The second-order valence-corrected chi connectivity index (χ2v) is 7.04. The van der Waals surface area contributed by atoms with E-state index in [1.165, 1.54) is 16.8 Å². The molecule has 27 heavy (non-hydrogen) atoms. The molecule has 6 nitrogen and oxygen atoms in total. The van der Waals surface area contributed by atoms with Gasteiger partial charge in [-0.3, -0.25) is 14.5 Å². The standard InChI is InChI=1S/C20H27FN4O2/c1-13(2)24(14(3)4)11-10-22-20(27)19-18(26)12-15(5)25(23-19)17-9-7-6-8-16(17)21/h6-9,12-14H,10-11H2,1-5H3,(H,22,27). The van der Waals surface area contributed by atoms with Crippen LogP contribution in [0.3, 0.4) is 0 Å². The van der Waals surface area contributed by atoms with Gasteiger partial charge in [0.1, 0.15) is 11.5 Å². The van der Waals surface area contributed by atoms with Gasteiger partial charge in [-0.15, -0.1) is 0 Å². The van der Waals surface area contributed by atoms with Crippen LogP contribution in [-0.2, 0) is 0 Å². The first kappa shape index (κ1) is 20.8. The van der Waals surface area contributed by atoms with Gasteiger partial charge >= 0.3 is 0 Å². The minimum absolute atomic E-state index is 0.190. The van der Waals surface area contributed by atoms with Gasteiger partial charge < -0.3 is 5.32 Å². The molecule has 0 spiro atoms. The van der Waals surface area contributed by atoms with Crippen LogP contribution in [0.15, 0.2) is 35.1 Å². The minimum atomic E-state index is -0.558. The SMILES string of the molecule is Cc1cc(=O)c(C(=O)NCCN(C(C)C)C(C)C)nn1-c1ccccc1F. The van der Waals surface area contributed by atoms with Crippen molar-refractivity contribution in [2.24, 2.45) is 0 Å². The van der Waals surface area contributed by atoms with Crippen molar-refractivity contribution in [1.29, 1.82) is 0 Å². The Balaban J connectivity index is 2.21. The van der Waals surface area contributed by atoms with E-state index in [1.807, 2.05) is 0 Å². The monoisotopic (exact) mass is 374 g/mol. The number of aromatic nitrogens is 2. The fourth-order valence-corrected chi connectivity index (χ4v) is 3.07. The van der Waals surface area contributed by atoms with Gasteiger partial charge in [-0.05, 0) is 46.8 Å². The highest BCUT2D eigenvalue weighted by molar-refractivity contribution is 5.92. The molecule has 1 N–H and O–H groups in total. The van der Waals surface area contributed by atoms with Crippen molar-refractivity contribution in [2.45, 2.75) is 46.7 Å². The Kier molecular flexibility index (Phi) is 6.85. The summed E-state index contributed by atoms with van der Waals surface area (Å²) in [5.74, 6) is -1.04. The third kappa shape index (κ3) is 5.01. The van der Waals surface area contributed by atoms with E-state index in [-0.39, 0.29) is 11.4 Å². The molecule has 0 aliphatic rings. The Hall–Kier alpha value is -2.54. The van der Waals surface area contributed by atoms with Gasteiger partial charge in [-0.2, -0.15) is 5.10 Å². The van der Waals surface area contributed by atoms with E-state index in [1.54, 1.807) is 25.1 Å². The first-order chi connectivity index (χ1) is 12.7. The molecule has 0 saturated heterocycles. The third-order valence-electron chi connectivity index (χ3n) is 4.39. The summed E-state index contributed by atoms with van der Waals surface area (Å²) >= 11 is 0. The fourth-order valence-electron chi connectivity index (χ4n) is 3.07. The number of nitrogens with one attached hydrogen (secondary N) is 1. The van der Waals surface area contributed by atoms with E-state index in [0.29, 0.717) is 30.9 Å². The van der Waals surface area contributed by atoms with E-state index in [2.05, 4.69) is 43.0 Å². The number of aryl methyl sites for hydroxylation is 1. The summed E-state index contributed by atoms with van der Waals surface area (Å²) in [6, 6.07) is 8.08. The molecule has 1 heterocycles. The predicted octanol–water partition coefficient (Wildman–Crippen LogP) is 2.53. The molecule has 2 aromatic rings. The number of benzene rings is 1. The van der Waals surface area contributed by atoms with E-state index in [0.717, 1.165) is 0 Å². The molecule has 0 radical (unpaired) electrons. The molecule has 0 atom stereocenters. The number of hydrogen-bond donors (Lipinski definition) is 1. The number of para-hydroxylation sites is 1. The van der Waals surface area contributed by atoms with E-state index >= 15 is 0 Å². The molecule has 0 bridgehead atoms. The molecule has 1 aromatic carbocycles. The summed E-state index contributed by atoms with van der Waals surface area (Å²) in [7, 11) is 0. The number of hydrogen-bond acceptors (Lipinski definition) is 4. The zero-order valence-electron chi connectivity index (χ0n) is 16.5. The van der Waals surface area contributed by atoms with Gasteiger partial charge in [0.05, 0.1) is 0 Å². The van der Waals surface area contributed by atoms with Crippen molar-refractivity contribution < 1.29 is 9.18 Å². The summed E-state index contributed by atoms with van der Waals surface area (Å²) < 4.78 is 15.4. The Labute approximate surface area is 159 Å². The van der Waals surface area contributed by atoms with Crippen LogP contribution in [0.2, 0.25) is 0 Å². The maximum absolute atomic E-state index is 14.1. The van der Waals surface area contributed by atoms with Crippen molar-refractivity contribution in [3.63, 3.8) is 0 Å². The van der Waals surface area contributed by atoms with Gasteiger partial charge in [-0.1, -0.05) is 12.1 Å². The van der Waals surface area contributed by atoms with Crippen LogP contribution in [0, 0.1) is 12.7 Å². The number of carbonyl (C=O) groups is 1. The van der Waals surface area contributed by atoms with E-state index in [4.69, 9.17) is 0 Å². The Bertz CT molecular complexity index is 853. The maximum atomic E-state index is 14.1. The van der Waals surface area contributed by atoms with Crippen LogP contribution in [0.1, 0.15) is 43.9 Å². The molecular weight excluding hydrogens is 347 g/mol. The molecule has 7 heteroatoms. The Morgan fingerprint density at radius 1 is 1.22 bits per heavy atom. The van der Waals surface area contributed by atoms with E-state index in [9.17, 15) is 14.0 Å². The molecule has 1 aromatic heterocycles. The largest absolute Gasteiger partial charge is 0.349 e. The van der Waals surface area contributed by atoms with Gasteiger partial charge in [0.25, 0.3) is 5.91 Å². The van der Waals surface area contributed by atoms with Crippen molar-refractivity contribution in [2.75, 3.05) is 13.1 Å². The zero-order valence-corrected chi connectivity index (χ0v) is 16.5. The predicted molar refractivity (Wildman–Crippen MR) is 104 cm³/mol. The van der Waals surface area contributed by atoms with Crippen molar-refractivity contribution in [1.82, 2.24) is 20.0 Å². The zero-order chi connectivity index (χ0) is 20.1. The summed E-state index contributed by atoms with van der Waals surface area (Å²) in [6.07, 6.45) is 0. The van der Waals surface area contributed by atoms with Gasteiger partial charge in [0.15, 0.2) is 5.69 Å². The first-order valence-electron chi connectivity index (χ1n) is 9.12. The van der Waals surface area contributed by atoms with Crippen LogP contribution >= 0.6 is 0 Å². The number of nitrogens with zero attached hydrogens (tertiary/aromatic N) is 3. The number of rotatable bonds is 7. The van der Waals surface area contributed by atoms with Crippen LogP contribution in [0.25, 0.3) is 5.69 Å². The lowest BCUT2D eigenvalue weighted by atomic mass is 10.2. The van der Waals surface area contributed by atoms with Crippen molar-refractivity contribution in [3.8, 4) is 5.69 Å². The normalized spacial score (nSPS) is 11.4. The van der Waals surface area contributed by atoms with Crippen molar-refractivity contribution in [3.05, 3.63) is 57.8 Å². The second kappa shape index (κ2) is 8.90. The summed E-state index contributed by atoms with van der Waals surface area (Å²) in [4.78, 5) is 26.9. The summed E-state index contributed by atoms with van der Waals surface area (Å²) in [5, 5.41) is 6.85. The smallest absolute Gasteiger partial charge is 0.275 e. The second-order valence-electron chi connectivity index (χ2n) is 7.04. The Morgan fingerprint density at radius 2 is 1.85 bits per heavy atom. The first-order valence-corrected chi connectivity index (χ1v) is 9.12. The van der Waals surface area contributed by atoms with Crippen molar-refractivity contribution >= 4 is 5.91 Å². The average molecular weight is 374 g/mol. The lowest BCUT2D eigenvalue weighted by Crippen LogP contribution is -2.43. The highest BCUT2D eigenvalue weighted by Crippen LogP contribution is 2.13. The molecule has 0 fully saturated rings. The molecule has 146 valence electrons. The lowest BCUT2D eigenvalue weighted by Gasteiger charge is -2.30. The highest BCUT2D eigenvalue weighted by Gasteiger charge is 2.18. The fraction of sp³-hybridized carbons (Fsp3) is 0.450. The van der Waals surface area contributed by atoms with Crippen LogP contribution < -0.4 is 10.7 Å². The number of amides is 1. The van der Waals surface area contributed by atoms with Gasteiger partial charge in [0.2, 0.25) is 5.43 Å². The highest BCUT2D eigenvalue weighted by atomic mass is 19.1. The molecule has 0 unspecified atom stereocenters. The molecule has 2 rings (SSSR count). The van der Waals surface area contributed by atoms with Gasteiger partial charge in [-0.25, -0.2) is 9.07 Å². The summed E-state index contributed by atoms with van der Waals surface area (Å²) in [5.41, 5.74) is -0.0889. The minimum Gasteiger partial charge on any atom is -0.349 e. The van der Waals surface area contributed by atoms with Gasteiger partial charge in [0, 0.05) is 36.9 Å². The molecule has 0 aliphatic heterocycles. The van der Waals surface area contributed by atoms with Crippen LogP contribution in [0.5, 0.6) is 0 Å². The maximum Gasteiger partial charge on any atom is 0.275 e. The van der Waals surface area contributed by atoms with Crippen LogP contribution in [0.4, 0.5) is 4.39 Å². The molecule has 1 amide bonds. The average Bonchev–Trinajstić information content (AvgIpc) is 2.58. The Morgan fingerprint density at radius 3 is 2.44 bits per heavy atom. The topological polar surface area (TPSA) is 67.2 Å². The number of carbonyl (C=O) groups excluding carboxylic acids is 1. The molecular formula is C20H27FN4O2. The van der Waals surface area contributed by atoms with E-state index < -0.39 is 17.2 Å². The number of halogens is 1. The molecule has 0 aliphatic carbocycles. The summed E-state index contributed by atoms with van der Waals surface area (Å²) in [6.45, 7) is 11.1. The van der Waals surface area contributed by atoms with Crippen LogP contribution in [-0.4, -0.2) is 45.8 Å². The quantitative estimate of drug-likeness (QED) is 0.809. The molecule has 0 saturated carbocycles. The lowest BCUT2D eigenvalue weighted by molar-refractivity contribution is 0.0931. The third-order valence-corrected chi connectivity index (χ3v) is 4.39.